The van der Waals surface area contributed by atoms with Crippen LogP contribution in [0.3, 0.4) is 0 Å². The van der Waals surface area contributed by atoms with Crippen molar-refractivity contribution in [2.24, 2.45) is 0 Å². The van der Waals surface area contributed by atoms with Crippen LogP contribution in [-0.4, -0.2) is 21.3 Å². The molecule has 0 atom stereocenters. The molecule has 0 bridgehead atoms. The van der Waals surface area contributed by atoms with Crippen molar-refractivity contribution in [2.75, 3.05) is 11.6 Å². The van der Waals surface area contributed by atoms with E-state index in [4.69, 9.17) is 0 Å². The number of aromatic nitrogens is 2. The lowest BCUT2D eigenvalue weighted by Gasteiger charge is -2.23. The summed E-state index contributed by atoms with van der Waals surface area (Å²) in [6, 6.07) is 21.1. The molecule has 1 aliphatic heterocycles. The molecule has 1 aliphatic rings. The van der Waals surface area contributed by atoms with Gasteiger partial charge in [0.25, 0.3) is 0 Å². The smallest absolute Gasteiger partial charge is 0.0946 e. The minimum absolute atomic E-state index is 0.838. The third-order valence-electron chi connectivity index (χ3n) is 4.45. The Labute approximate surface area is 148 Å². The van der Waals surface area contributed by atoms with Gasteiger partial charge < -0.3 is 9.80 Å². The van der Waals surface area contributed by atoms with Crippen LogP contribution in [0.4, 0.5) is 5.69 Å². The molecule has 1 aromatic heterocycles. The summed E-state index contributed by atoms with van der Waals surface area (Å²) in [6.45, 7) is 5.88. The van der Waals surface area contributed by atoms with Gasteiger partial charge >= 0.3 is 0 Å². The monoisotopic (exact) mass is 330 g/mol. The highest BCUT2D eigenvalue weighted by molar-refractivity contribution is 5.65. The molecule has 2 aromatic carbocycles. The molecular formula is C21H22N4. The van der Waals surface area contributed by atoms with Gasteiger partial charge in [-0.15, -0.1) is 0 Å². The summed E-state index contributed by atoms with van der Waals surface area (Å²) >= 11 is 0. The lowest BCUT2D eigenvalue weighted by molar-refractivity contribution is 0.400. The van der Waals surface area contributed by atoms with Gasteiger partial charge in [-0.1, -0.05) is 42.5 Å². The molecule has 0 fully saturated rings. The molecule has 0 spiro atoms. The Hall–Kier alpha value is -3.01. The first-order valence-corrected chi connectivity index (χ1v) is 8.56. The van der Waals surface area contributed by atoms with Crippen LogP contribution in [0.2, 0.25) is 0 Å². The summed E-state index contributed by atoms with van der Waals surface area (Å²) in [7, 11) is 0. The van der Waals surface area contributed by atoms with Crippen LogP contribution in [0.5, 0.6) is 0 Å². The fraction of sp³-hybridized carbons (Fsp3) is 0.190. The fourth-order valence-corrected chi connectivity index (χ4v) is 3.30. The lowest BCUT2D eigenvalue weighted by atomic mass is 10.2. The molecule has 2 heterocycles. The SMILES string of the molecule is Cc1cc(C)n(-c2ccccc2N2C=CN(Cc3ccccc3)C2)n1. The first-order valence-electron chi connectivity index (χ1n) is 8.56. The van der Waals surface area contributed by atoms with Gasteiger partial charge in [-0.25, -0.2) is 4.68 Å². The Morgan fingerprint density at radius 1 is 0.880 bits per heavy atom. The van der Waals surface area contributed by atoms with Crippen molar-refractivity contribution >= 4 is 5.69 Å². The highest BCUT2D eigenvalue weighted by atomic mass is 15.4. The van der Waals surface area contributed by atoms with Gasteiger partial charge in [-0.05, 0) is 37.6 Å². The molecule has 0 N–H and O–H groups in total. The van der Waals surface area contributed by atoms with Gasteiger partial charge in [-0.3, -0.25) is 0 Å². The van der Waals surface area contributed by atoms with E-state index in [9.17, 15) is 0 Å². The average molecular weight is 330 g/mol. The molecular weight excluding hydrogens is 308 g/mol. The molecule has 4 rings (SSSR count). The zero-order valence-electron chi connectivity index (χ0n) is 14.6. The Balaban J connectivity index is 1.58. The predicted molar refractivity (Wildman–Crippen MR) is 102 cm³/mol. The van der Waals surface area contributed by atoms with E-state index in [0.717, 1.165) is 30.3 Å². The molecule has 0 unspecified atom stereocenters. The third-order valence-corrected chi connectivity index (χ3v) is 4.45. The van der Waals surface area contributed by atoms with E-state index in [2.05, 4.69) is 94.9 Å². The van der Waals surface area contributed by atoms with Crippen molar-refractivity contribution in [1.29, 1.82) is 0 Å². The van der Waals surface area contributed by atoms with E-state index in [1.54, 1.807) is 0 Å². The minimum Gasteiger partial charge on any atom is -0.354 e. The third kappa shape index (κ3) is 3.15. The number of rotatable bonds is 4. The van der Waals surface area contributed by atoms with Gasteiger partial charge in [0.15, 0.2) is 0 Å². The van der Waals surface area contributed by atoms with Crippen LogP contribution >= 0.6 is 0 Å². The van der Waals surface area contributed by atoms with Gasteiger partial charge in [0.2, 0.25) is 0 Å². The van der Waals surface area contributed by atoms with E-state index in [0.29, 0.717) is 0 Å². The summed E-state index contributed by atoms with van der Waals surface area (Å²) in [6.07, 6.45) is 4.30. The molecule has 3 aromatic rings. The maximum atomic E-state index is 4.65. The summed E-state index contributed by atoms with van der Waals surface area (Å²) in [4.78, 5) is 4.59. The molecule has 0 saturated carbocycles. The zero-order valence-corrected chi connectivity index (χ0v) is 14.6. The molecule has 0 amide bonds. The normalized spacial score (nSPS) is 13.7. The van der Waals surface area contributed by atoms with E-state index in [1.807, 2.05) is 11.6 Å². The van der Waals surface area contributed by atoms with E-state index in [1.165, 1.54) is 11.3 Å². The average Bonchev–Trinajstić information content (AvgIpc) is 3.22. The van der Waals surface area contributed by atoms with Crippen LogP contribution < -0.4 is 4.90 Å². The minimum atomic E-state index is 0.838. The number of hydrogen-bond donors (Lipinski definition) is 0. The number of hydrogen-bond acceptors (Lipinski definition) is 3. The van der Waals surface area contributed by atoms with Crippen LogP contribution in [0.1, 0.15) is 17.0 Å². The number of para-hydroxylation sites is 2. The van der Waals surface area contributed by atoms with Crippen molar-refractivity contribution in [3.05, 3.63) is 90.0 Å². The number of nitrogens with zero attached hydrogens (tertiary/aromatic N) is 4. The van der Waals surface area contributed by atoms with Crippen molar-refractivity contribution in [2.45, 2.75) is 20.4 Å². The van der Waals surface area contributed by atoms with Gasteiger partial charge in [-0.2, -0.15) is 5.10 Å². The quantitative estimate of drug-likeness (QED) is 0.715. The van der Waals surface area contributed by atoms with Crippen molar-refractivity contribution in [1.82, 2.24) is 14.7 Å². The van der Waals surface area contributed by atoms with Crippen LogP contribution in [-0.2, 0) is 6.54 Å². The topological polar surface area (TPSA) is 24.3 Å². The highest BCUT2D eigenvalue weighted by Crippen LogP contribution is 2.28. The van der Waals surface area contributed by atoms with Crippen LogP contribution in [0.25, 0.3) is 5.69 Å². The van der Waals surface area contributed by atoms with E-state index in [-0.39, 0.29) is 0 Å². The van der Waals surface area contributed by atoms with E-state index >= 15 is 0 Å². The Kier molecular flexibility index (Phi) is 4.02. The Morgan fingerprint density at radius 2 is 1.60 bits per heavy atom. The number of anilines is 1. The number of aryl methyl sites for hydroxylation is 2. The van der Waals surface area contributed by atoms with Gasteiger partial charge in [0.1, 0.15) is 0 Å². The Bertz CT molecular complexity index is 895. The summed E-state index contributed by atoms with van der Waals surface area (Å²) in [5.41, 5.74) is 5.78. The van der Waals surface area contributed by atoms with Crippen molar-refractivity contribution < 1.29 is 0 Å². The largest absolute Gasteiger partial charge is 0.354 e. The van der Waals surface area contributed by atoms with Crippen molar-refractivity contribution in [3.8, 4) is 5.69 Å². The second-order valence-corrected chi connectivity index (χ2v) is 6.47. The molecule has 0 saturated heterocycles. The van der Waals surface area contributed by atoms with Crippen LogP contribution in [0.15, 0.2) is 73.1 Å². The number of benzene rings is 2. The molecule has 4 heteroatoms. The summed E-state index contributed by atoms with van der Waals surface area (Å²) in [5, 5.41) is 4.65. The van der Waals surface area contributed by atoms with Gasteiger partial charge in [0, 0.05) is 24.6 Å². The molecule has 126 valence electrons. The highest BCUT2D eigenvalue weighted by Gasteiger charge is 2.18. The standard InChI is InChI=1S/C21H22N4/c1-17-14-18(2)25(22-17)21-11-7-6-10-20(21)24-13-12-23(16-24)15-19-8-4-3-5-9-19/h3-14H,15-16H2,1-2H3. The van der Waals surface area contributed by atoms with Gasteiger partial charge in [0.05, 0.1) is 23.7 Å². The maximum Gasteiger partial charge on any atom is 0.0946 e. The summed E-state index contributed by atoms with van der Waals surface area (Å²) in [5.74, 6) is 0. The lowest BCUT2D eigenvalue weighted by Crippen LogP contribution is -2.25. The molecule has 0 aliphatic carbocycles. The first-order chi connectivity index (χ1) is 12.2. The van der Waals surface area contributed by atoms with Crippen LogP contribution in [0, 0.1) is 13.8 Å². The molecule has 25 heavy (non-hydrogen) atoms. The second kappa shape index (κ2) is 6.48. The van der Waals surface area contributed by atoms with E-state index < -0.39 is 0 Å². The fourth-order valence-electron chi connectivity index (χ4n) is 3.30. The molecule has 0 radical (unpaired) electrons. The Morgan fingerprint density at radius 3 is 2.32 bits per heavy atom. The van der Waals surface area contributed by atoms with Crippen molar-refractivity contribution in [3.63, 3.8) is 0 Å². The maximum absolute atomic E-state index is 4.65. The predicted octanol–water partition coefficient (Wildman–Crippen LogP) is 4.24. The summed E-state index contributed by atoms with van der Waals surface area (Å²) < 4.78 is 2.03. The second-order valence-electron chi connectivity index (χ2n) is 6.47. The molecule has 4 nitrogen and oxygen atoms in total. The first kappa shape index (κ1) is 15.5. The zero-order chi connectivity index (χ0) is 17.2.